The molecule has 3 aliphatic heterocycles. The van der Waals surface area contributed by atoms with Gasteiger partial charge in [-0.15, -0.1) is 0 Å². The molecule has 0 radical (unpaired) electrons. The number of methoxy groups -OCH3 is 1. The summed E-state index contributed by atoms with van der Waals surface area (Å²) in [6.07, 6.45) is 3.12. The van der Waals surface area contributed by atoms with Crippen molar-refractivity contribution in [1.82, 2.24) is 15.5 Å². The van der Waals surface area contributed by atoms with E-state index in [1.807, 2.05) is 36.4 Å². The third-order valence-corrected chi connectivity index (χ3v) is 6.69. The fraction of sp³-hybridized carbons (Fsp3) is 0.360. The highest BCUT2D eigenvalue weighted by Gasteiger charge is 2.50. The molecule has 0 spiro atoms. The van der Waals surface area contributed by atoms with Crippen molar-refractivity contribution >= 4 is 23.6 Å². The van der Waals surface area contributed by atoms with Crippen LogP contribution in [0.5, 0.6) is 5.75 Å². The van der Waals surface area contributed by atoms with Crippen molar-refractivity contribution in [1.29, 1.82) is 0 Å². The number of urea groups is 1. The molecule has 2 atom stereocenters. The van der Waals surface area contributed by atoms with Gasteiger partial charge in [0.2, 0.25) is 0 Å². The first-order valence-electron chi connectivity index (χ1n) is 11.2. The van der Waals surface area contributed by atoms with Crippen molar-refractivity contribution in [3.63, 3.8) is 0 Å². The minimum absolute atomic E-state index is 0.0255. The van der Waals surface area contributed by atoms with Gasteiger partial charge in [-0.1, -0.05) is 30.3 Å². The summed E-state index contributed by atoms with van der Waals surface area (Å²) in [5, 5.41) is 5.14. The standard InChI is InChI=1S/C25H26N4O4/c1-15-4-3-5-21(26-15)16-6-9-18(10-7-16)25(23(31)27-24(32)28-25)14-29-13-17-8-11-19(33-2)12-20(17)22(29)30/h6-12,15H,3-5,13-14H2,1-2H3,(H2,27,28,31,32)/t15?,25-/m1/s1. The molecular weight excluding hydrogens is 420 g/mol. The fourth-order valence-electron chi connectivity index (χ4n) is 4.90. The molecule has 1 saturated heterocycles. The Morgan fingerprint density at radius 1 is 1.15 bits per heavy atom. The van der Waals surface area contributed by atoms with E-state index < -0.39 is 17.5 Å². The van der Waals surface area contributed by atoms with Gasteiger partial charge < -0.3 is 15.0 Å². The number of benzene rings is 2. The summed E-state index contributed by atoms with van der Waals surface area (Å²) in [4.78, 5) is 44.7. The first-order chi connectivity index (χ1) is 15.9. The lowest BCUT2D eigenvalue weighted by Crippen LogP contribution is -2.52. The molecule has 0 aliphatic carbocycles. The highest BCUT2D eigenvalue weighted by atomic mass is 16.5. The van der Waals surface area contributed by atoms with Crippen LogP contribution in [0.2, 0.25) is 0 Å². The third-order valence-electron chi connectivity index (χ3n) is 6.69. The van der Waals surface area contributed by atoms with Crippen molar-refractivity contribution in [2.24, 2.45) is 4.99 Å². The van der Waals surface area contributed by atoms with E-state index in [-0.39, 0.29) is 12.5 Å². The molecular formula is C25H26N4O4. The summed E-state index contributed by atoms with van der Waals surface area (Å²) >= 11 is 0. The number of nitrogens with one attached hydrogen (secondary N) is 2. The second kappa shape index (κ2) is 8.03. The Morgan fingerprint density at radius 2 is 1.94 bits per heavy atom. The summed E-state index contributed by atoms with van der Waals surface area (Å²) in [6, 6.07) is 12.7. The van der Waals surface area contributed by atoms with Crippen LogP contribution >= 0.6 is 0 Å². The molecule has 0 saturated carbocycles. The van der Waals surface area contributed by atoms with Crippen LogP contribution in [0.1, 0.15) is 53.2 Å². The molecule has 0 aromatic heterocycles. The normalized spacial score (nSPS) is 24.3. The molecule has 1 unspecified atom stereocenters. The van der Waals surface area contributed by atoms with Gasteiger partial charge in [0.25, 0.3) is 11.8 Å². The molecule has 33 heavy (non-hydrogen) atoms. The van der Waals surface area contributed by atoms with Gasteiger partial charge in [-0.05, 0) is 55.0 Å². The number of aliphatic imine (C=N–C) groups is 1. The van der Waals surface area contributed by atoms with E-state index >= 15 is 0 Å². The van der Waals surface area contributed by atoms with Crippen LogP contribution in [-0.4, -0.2) is 48.2 Å². The molecule has 2 aromatic rings. The van der Waals surface area contributed by atoms with E-state index in [4.69, 9.17) is 9.73 Å². The highest BCUT2D eigenvalue weighted by molar-refractivity contribution is 6.08. The van der Waals surface area contributed by atoms with Crippen molar-refractivity contribution in [2.75, 3.05) is 13.7 Å². The van der Waals surface area contributed by atoms with Crippen molar-refractivity contribution in [3.8, 4) is 5.75 Å². The lowest BCUT2D eigenvalue weighted by Gasteiger charge is -2.31. The maximum Gasteiger partial charge on any atom is 0.322 e. The zero-order valence-corrected chi connectivity index (χ0v) is 18.7. The number of rotatable bonds is 5. The van der Waals surface area contributed by atoms with Crippen LogP contribution in [0.15, 0.2) is 47.5 Å². The van der Waals surface area contributed by atoms with Crippen LogP contribution in [0.25, 0.3) is 0 Å². The molecule has 1 fully saturated rings. The Balaban J connectivity index is 1.46. The van der Waals surface area contributed by atoms with E-state index in [1.165, 1.54) is 0 Å². The van der Waals surface area contributed by atoms with Gasteiger partial charge in [0.05, 0.1) is 13.7 Å². The molecule has 0 bridgehead atoms. The molecule has 3 aliphatic rings. The van der Waals surface area contributed by atoms with Crippen molar-refractivity contribution < 1.29 is 19.1 Å². The summed E-state index contributed by atoms with van der Waals surface area (Å²) in [5.41, 5.74) is 2.75. The Morgan fingerprint density at radius 3 is 2.61 bits per heavy atom. The highest BCUT2D eigenvalue weighted by Crippen LogP contribution is 2.33. The molecule has 170 valence electrons. The summed E-state index contributed by atoms with van der Waals surface area (Å²) < 4.78 is 5.24. The number of amides is 4. The first kappa shape index (κ1) is 21.2. The zero-order chi connectivity index (χ0) is 23.2. The number of fused-ring (bicyclic) bond motifs is 1. The van der Waals surface area contributed by atoms with Gasteiger partial charge in [-0.25, -0.2) is 4.79 Å². The quantitative estimate of drug-likeness (QED) is 0.690. The number of ether oxygens (including phenoxy) is 1. The Hall–Kier alpha value is -3.68. The number of carbonyl (C=O) groups excluding carboxylic acids is 3. The lowest BCUT2D eigenvalue weighted by atomic mass is 9.87. The Bertz CT molecular complexity index is 1170. The first-order valence-corrected chi connectivity index (χ1v) is 11.2. The van der Waals surface area contributed by atoms with Crippen molar-refractivity contribution in [2.45, 2.75) is 44.3 Å². The predicted molar refractivity (Wildman–Crippen MR) is 122 cm³/mol. The van der Waals surface area contributed by atoms with Crippen LogP contribution in [0.3, 0.4) is 0 Å². The predicted octanol–water partition coefficient (Wildman–Crippen LogP) is 2.75. The topological polar surface area (TPSA) is 100 Å². The second-order valence-electron chi connectivity index (χ2n) is 8.89. The Labute approximate surface area is 192 Å². The molecule has 8 heteroatoms. The van der Waals surface area contributed by atoms with E-state index in [9.17, 15) is 14.4 Å². The molecule has 2 aromatic carbocycles. The third kappa shape index (κ3) is 3.65. The number of carbonyl (C=O) groups is 3. The van der Waals surface area contributed by atoms with Crippen molar-refractivity contribution in [3.05, 3.63) is 64.7 Å². The smallest absolute Gasteiger partial charge is 0.322 e. The summed E-state index contributed by atoms with van der Waals surface area (Å²) in [6.45, 7) is 2.50. The average Bonchev–Trinajstić information content (AvgIpc) is 3.28. The zero-order valence-electron chi connectivity index (χ0n) is 18.7. The fourth-order valence-corrected chi connectivity index (χ4v) is 4.90. The molecule has 8 nitrogen and oxygen atoms in total. The average molecular weight is 447 g/mol. The van der Waals surface area contributed by atoms with Gasteiger partial charge in [-0.3, -0.25) is 19.9 Å². The van der Waals surface area contributed by atoms with Crippen LogP contribution < -0.4 is 15.4 Å². The molecule has 4 amide bonds. The molecule has 2 N–H and O–H groups in total. The van der Waals surface area contributed by atoms with E-state index in [2.05, 4.69) is 17.6 Å². The lowest BCUT2D eigenvalue weighted by molar-refractivity contribution is -0.124. The van der Waals surface area contributed by atoms with Gasteiger partial charge in [0.1, 0.15) is 5.75 Å². The molecule has 5 rings (SSSR count). The minimum atomic E-state index is -1.36. The van der Waals surface area contributed by atoms with Gasteiger partial charge in [0.15, 0.2) is 5.54 Å². The van der Waals surface area contributed by atoms with Gasteiger partial charge >= 0.3 is 6.03 Å². The van der Waals surface area contributed by atoms with E-state index in [1.54, 1.807) is 18.1 Å². The number of nitrogens with zero attached hydrogens (tertiary/aromatic N) is 2. The maximum absolute atomic E-state index is 13.1. The monoisotopic (exact) mass is 446 g/mol. The number of imide groups is 1. The second-order valence-corrected chi connectivity index (χ2v) is 8.89. The van der Waals surface area contributed by atoms with Gasteiger partial charge in [-0.2, -0.15) is 0 Å². The molecule has 3 heterocycles. The largest absolute Gasteiger partial charge is 0.497 e. The minimum Gasteiger partial charge on any atom is -0.497 e. The summed E-state index contributed by atoms with van der Waals surface area (Å²) in [7, 11) is 1.55. The number of hydrogen-bond donors (Lipinski definition) is 2. The SMILES string of the molecule is COc1ccc2c(c1)C(=O)N(C[C@]1(c3ccc(C4=NC(C)CCC4)cc3)NC(=O)NC1=O)C2. The van der Waals surface area contributed by atoms with Crippen LogP contribution in [-0.2, 0) is 16.9 Å². The van der Waals surface area contributed by atoms with Gasteiger partial charge in [0, 0.05) is 23.9 Å². The maximum atomic E-state index is 13.1. The summed E-state index contributed by atoms with van der Waals surface area (Å²) in [5.74, 6) is -0.0641. The van der Waals surface area contributed by atoms with Crippen LogP contribution in [0.4, 0.5) is 4.79 Å². The van der Waals surface area contributed by atoms with E-state index in [0.29, 0.717) is 29.5 Å². The Kier molecular flexibility index (Phi) is 5.15. The van der Waals surface area contributed by atoms with Crippen LogP contribution in [0, 0.1) is 0 Å². The number of hydrogen-bond acceptors (Lipinski definition) is 5. The van der Waals surface area contributed by atoms with E-state index in [0.717, 1.165) is 36.1 Å².